The van der Waals surface area contributed by atoms with Crippen molar-refractivity contribution in [2.45, 2.75) is 13.1 Å². The van der Waals surface area contributed by atoms with Gasteiger partial charge in [-0.25, -0.2) is 9.07 Å². The maximum Gasteiger partial charge on any atom is 0.271 e. The summed E-state index contributed by atoms with van der Waals surface area (Å²) in [5, 5.41) is 5.22. The molecule has 6 nitrogen and oxygen atoms in total. The van der Waals surface area contributed by atoms with E-state index in [1.165, 1.54) is 17.9 Å². The predicted octanol–water partition coefficient (Wildman–Crippen LogP) is 5.02. The van der Waals surface area contributed by atoms with Crippen LogP contribution in [0, 0.1) is 5.82 Å². The summed E-state index contributed by atoms with van der Waals surface area (Å²) in [4.78, 5) is 17.8. The van der Waals surface area contributed by atoms with E-state index in [1.54, 1.807) is 18.2 Å². The normalized spacial score (nSPS) is 14.3. The molecular formula is C26H30Cl3FN4O2. The number of allylic oxidation sites excluding steroid dienone is 1. The minimum atomic E-state index is -0.470. The van der Waals surface area contributed by atoms with E-state index in [0.29, 0.717) is 34.9 Å². The number of hydrogen-bond acceptors (Lipinski definition) is 5. The molecule has 2 heterocycles. The van der Waals surface area contributed by atoms with Gasteiger partial charge in [-0.05, 0) is 49.0 Å². The lowest BCUT2D eigenvalue weighted by Crippen LogP contribution is -2.44. The molecule has 0 saturated carbocycles. The van der Waals surface area contributed by atoms with Crippen LogP contribution in [0.4, 0.5) is 4.39 Å². The molecular weight excluding hydrogens is 526 g/mol. The zero-order chi connectivity index (χ0) is 24.1. The highest BCUT2D eigenvalue weighted by Gasteiger charge is 2.18. The van der Waals surface area contributed by atoms with Crippen molar-refractivity contribution in [2.75, 3.05) is 40.3 Å². The van der Waals surface area contributed by atoms with Gasteiger partial charge >= 0.3 is 0 Å². The minimum absolute atomic E-state index is 0. The van der Waals surface area contributed by atoms with Crippen LogP contribution in [0.1, 0.15) is 11.1 Å². The molecule has 1 fully saturated rings. The van der Waals surface area contributed by atoms with E-state index in [2.05, 4.69) is 21.9 Å². The van der Waals surface area contributed by atoms with Crippen molar-refractivity contribution in [3.63, 3.8) is 0 Å². The van der Waals surface area contributed by atoms with E-state index in [9.17, 15) is 9.18 Å². The van der Waals surface area contributed by atoms with Gasteiger partial charge in [-0.1, -0.05) is 35.9 Å². The Balaban J connectivity index is 0.00000228. The molecule has 4 rings (SSSR count). The van der Waals surface area contributed by atoms with Crippen molar-refractivity contribution in [2.24, 2.45) is 0 Å². The third-order valence-corrected chi connectivity index (χ3v) is 6.20. The molecule has 0 radical (unpaired) electrons. The van der Waals surface area contributed by atoms with Crippen LogP contribution in [0.3, 0.4) is 0 Å². The quantitative estimate of drug-likeness (QED) is 0.410. The van der Waals surface area contributed by atoms with Crippen LogP contribution in [0.5, 0.6) is 5.75 Å². The molecule has 0 aliphatic carbocycles. The predicted molar refractivity (Wildman–Crippen MR) is 148 cm³/mol. The summed E-state index contributed by atoms with van der Waals surface area (Å²) < 4.78 is 20.9. The van der Waals surface area contributed by atoms with Crippen LogP contribution in [-0.4, -0.2) is 59.9 Å². The molecule has 0 bridgehead atoms. The van der Waals surface area contributed by atoms with Crippen LogP contribution in [-0.2, 0) is 13.1 Å². The van der Waals surface area contributed by atoms with Crippen molar-refractivity contribution in [3.05, 3.63) is 86.9 Å². The second kappa shape index (κ2) is 13.8. The highest BCUT2D eigenvalue weighted by molar-refractivity contribution is 6.30. The highest BCUT2D eigenvalue weighted by atomic mass is 35.5. The number of likely N-dealkylation sites (N-methyl/N-ethyl adjacent to an activating group) is 1. The number of methoxy groups -OCH3 is 1. The summed E-state index contributed by atoms with van der Waals surface area (Å²) in [6.07, 6.45) is 3.81. The van der Waals surface area contributed by atoms with Crippen molar-refractivity contribution in [1.29, 1.82) is 0 Å². The fraction of sp³-hybridized carbons (Fsp3) is 0.308. The standard InChI is InChI=1S/C26H28ClFN4O2.2ClH/c1-30-12-14-31(15-13-30)18-21-17-24(20-7-10-25(34-2)23(28)16-20)29-32(26(21)33)11-3-4-19-5-8-22(27)9-6-19;;/h3-10,16-17H,11-15,18H2,1-2H3;2*1H. The molecule has 0 amide bonds. The van der Waals surface area contributed by atoms with E-state index in [1.807, 2.05) is 36.4 Å². The molecule has 1 aliphatic heterocycles. The molecule has 0 unspecified atom stereocenters. The van der Waals surface area contributed by atoms with E-state index < -0.39 is 5.82 Å². The van der Waals surface area contributed by atoms with Gasteiger partial charge in [0.1, 0.15) is 0 Å². The van der Waals surface area contributed by atoms with Crippen molar-refractivity contribution >= 4 is 42.5 Å². The average molecular weight is 556 g/mol. The van der Waals surface area contributed by atoms with Crippen molar-refractivity contribution in [1.82, 2.24) is 19.6 Å². The molecule has 1 aromatic heterocycles. The first-order valence-electron chi connectivity index (χ1n) is 11.2. The smallest absolute Gasteiger partial charge is 0.271 e. The Bertz CT molecular complexity index is 1230. The first-order chi connectivity index (χ1) is 16.4. The minimum Gasteiger partial charge on any atom is -0.494 e. The van der Waals surface area contributed by atoms with Crippen LogP contribution < -0.4 is 10.3 Å². The Morgan fingerprint density at radius 3 is 2.39 bits per heavy atom. The summed E-state index contributed by atoms with van der Waals surface area (Å²) in [5.74, 6) is -0.302. The Labute approximate surface area is 228 Å². The van der Waals surface area contributed by atoms with Crippen molar-refractivity contribution < 1.29 is 9.13 Å². The molecule has 1 saturated heterocycles. The van der Waals surface area contributed by atoms with Gasteiger partial charge in [-0.2, -0.15) is 5.10 Å². The summed E-state index contributed by atoms with van der Waals surface area (Å²) in [6, 6.07) is 13.9. The zero-order valence-corrected chi connectivity index (χ0v) is 22.6. The first kappa shape index (κ1) is 29.8. The van der Waals surface area contributed by atoms with Gasteiger partial charge in [0.15, 0.2) is 11.6 Å². The molecule has 0 N–H and O–H groups in total. The first-order valence-corrected chi connectivity index (χ1v) is 11.6. The molecule has 0 atom stereocenters. The number of rotatable bonds is 7. The fourth-order valence-electron chi connectivity index (χ4n) is 3.91. The lowest BCUT2D eigenvalue weighted by Gasteiger charge is -2.32. The Kier molecular flexibility index (Phi) is 11.4. The van der Waals surface area contributed by atoms with Crippen LogP contribution in [0.15, 0.2) is 59.4 Å². The number of halogens is 4. The number of ether oxygens (including phenoxy) is 1. The number of hydrogen-bond donors (Lipinski definition) is 0. The number of aromatic nitrogens is 2. The van der Waals surface area contributed by atoms with Gasteiger partial charge in [0.05, 0.1) is 19.3 Å². The van der Waals surface area contributed by atoms with Gasteiger partial charge in [0.25, 0.3) is 5.56 Å². The molecule has 0 spiro atoms. The summed E-state index contributed by atoms with van der Waals surface area (Å²) >= 11 is 5.95. The molecule has 2 aromatic carbocycles. The SMILES string of the molecule is COc1ccc(-c2cc(CN3CCN(C)CC3)c(=O)n(CC=Cc3ccc(Cl)cc3)n2)cc1F.Cl.Cl. The Morgan fingerprint density at radius 1 is 1.06 bits per heavy atom. The van der Waals surface area contributed by atoms with Gasteiger partial charge < -0.3 is 9.64 Å². The second-order valence-corrected chi connectivity index (χ2v) is 8.86. The maximum atomic E-state index is 14.4. The summed E-state index contributed by atoms with van der Waals surface area (Å²) in [6.45, 7) is 4.52. The van der Waals surface area contributed by atoms with E-state index in [0.717, 1.165) is 31.7 Å². The average Bonchev–Trinajstić information content (AvgIpc) is 2.84. The molecule has 36 heavy (non-hydrogen) atoms. The number of nitrogens with zero attached hydrogens (tertiary/aromatic N) is 4. The second-order valence-electron chi connectivity index (χ2n) is 8.42. The van der Waals surface area contributed by atoms with E-state index in [-0.39, 0.29) is 36.1 Å². The zero-order valence-electron chi connectivity index (χ0n) is 20.2. The third-order valence-electron chi connectivity index (χ3n) is 5.94. The Morgan fingerprint density at radius 2 is 1.75 bits per heavy atom. The monoisotopic (exact) mass is 554 g/mol. The van der Waals surface area contributed by atoms with E-state index >= 15 is 0 Å². The highest BCUT2D eigenvalue weighted by Crippen LogP contribution is 2.24. The van der Waals surface area contributed by atoms with Crippen LogP contribution in [0.25, 0.3) is 17.3 Å². The molecule has 3 aromatic rings. The van der Waals surface area contributed by atoms with Gasteiger partial charge in [0.2, 0.25) is 0 Å². The van der Waals surface area contributed by atoms with Gasteiger partial charge in [-0.15, -0.1) is 24.8 Å². The summed E-state index contributed by atoms with van der Waals surface area (Å²) in [5.41, 5.74) is 2.62. The number of piperazine rings is 1. The molecule has 10 heteroatoms. The largest absolute Gasteiger partial charge is 0.494 e. The third kappa shape index (κ3) is 7.54. The summed E-state index contributed by atoms with van der Waals surface area (Å²) in [7, 11) is 3.53. The Hall–Kier alpha value is -2.42. The lowest BCUT2D eigenvalue weighted by atomic mass is 10.1. The van der Waals surface area contributed by atoms with Crippen LogP contribution in [0.2, 0.25) is 5.02 Å². The number of benzene rings is 2. The fourth-order valence-corrected chi connectivity index (χ4v) is 4.04. The van der Waals surface area contributed by atoms with E-state index in [4.69, 9.17) is 16.3 Å². The maximum absolute atomic E-state index is 14.4. The van der Waals surface area contributed by atoms with Crippen molar-refractivity contribution in [3.8, 4) is 17.0 Å². The molecule has 194 valence electrons. The lowest BCUT2D eigenvalue weighted by molar-refractivity contribution is 0.147. The topological polar surface area (TPSA) is 50.6 Å². The van der Waals surface area contributed by atoms with Gasteiger partial charge in [-0.3, -0.25) is 9.69 Å². The van der Waals surface area contributed by atoms with Crippen LogP contribution >= 0.6 is 36.4 Å². The van der Waals surface area contributed by atoms with Gasteiger partial charge in [0, 0.05) is 48.9 Å². The molecule has 1 aliphatic rings.